The Balaban J connectivity index is 2.97. The van der Waals surface area contributed by atoms with E-state index in [9.17, 15) is 13.6 Å². The molecule has 0 bridgehead atoms. The Morgan fingerprint density at radius 3 is 2.67 bits per heavy atom. The second-order valence-electron chi connectivity index (χ2n) is 2.02. The molecule has 0 saturated heterocycles. The van der Waals surface area contributed by atoms with Crippen molar-refractivity contribution in [3.63, 3.8) is 0 Å². The van der Waals surface area contributed by atoms with Crippen LogP contribution in [0.3, 0.4) is 0 Å². The highest BCUT2D eigenvalue weighted by Crippen LogP contribution is 2.15. The summed E-state index contributed by atoms with van der Waals surface area (Å²) in [6.07, 6.45) is 0. The zero-order valence-electron chi connectivity index (χ0n) is 5.77. The quantitative estimate of drug-likeness (QED) is 0.537. The molecule has 0 spiro atoms. The molecule has 0 aliphatic rings. The molecule has 0 fully saturated rings. The first-order valence-corrected chi connectivity index (χ1v) is 3.39. The first kappa shape index (κ1) is 8.93. The second-order valence-corrected chi connectivity index (χ2v) is 2.37. The topological polar surface area (TPSA) is 29.1 Å². The van der Waals surface area contributed by atoms with E-state index in [4.69, 9.17) is 11.6 Å². The number of hydrogen-bond acceptors (Lipinski definition) is 1. The molecular formula is C7H4ClF2NO. The Bertz CT molecular complexity index is 316. The van der Waals surface area contributed by atoms with Crippen LogP contribution in [0.4, 0.5) is 19.3 Å². The van der Waals surface area contributed by atoms with Crippen molar-refractivity contribution < 1.29 is 13.6 Å². The number of halogens is 3. The third-order valence-electron chi connectivity index (χ3n) is 1.16. The molecule has 0 heterocycles. The summed E-state index contributed by atoms with van der Waals surface area (Å²) in [4.78, 5) is 10.2. The van der Waals surface area contributed by atoms with Crippen molar-refractivity contribution in [1.29, 1.82) is 0 Å². The van der Waals surface area contributed by atoms with Crippen molar-refractivity contribution >= 4 is 22.7 Å². The van der Waals surface area contributed by atoms with Crippen LogP contribution in [0, 0.1) is 11.6 Å². The molecule has 0 unspecified atom stereocenters. The Kier molecular flexibility index (Phi) is 2.60. The van der Waals surface area contributed by atoms with Gasteiger partial charge in [0.1, 0.15) is 11.6 Å². The highest BCUT2D eigenvalue weighted by Gasteiger charge is 2.05. The third-order valence-corrected chi connectivity index (χ3v) is 1.26. The van der Waals surface area contributed by atoms with Gasteiger partial charge in [0.2, 0.25) is 0 Å². The van der Waals surface area contributed by atoms with Gasteiger partial charge in [0, 0.05) is 6.07 Å². The fraction of sp³-hybridized carbons (Fsp3) is 0. The predicted octanol–water partition coefficient (Wildman–Crippen LogP) is 2.74. The summed E-state index contributed by atoms with van der Waals surface area (Å²) in [7, 11) is 0. The lowest BCUT2D eigenvalue weighted by molar-refractivity contribution is 0.269. The summed E-state index contributed by atoms with van der Waals surface area (Å²) in [5.41, 5.74) is -0.269. The van der Waals surface area contributed by atoms with Gasteiger partial charge in [-0.3, -0.25) is 4.79 Å². The largest absolute Gasteiger partial charge is 0.318 e. The van der Waals surface area contributed by atoms with E-state index in [0.717, 1.165) is 18.2 Å². The third kappa shape index (κ3) is 2.17. The zero-order valence-corrected chi connectivity index (χ0v) is 6.53. The van der Waals surface area contributed by atoms with Crippen molar-refractivity contribution in [1.82, 2.24) is 0 Å². The molecule has 0 atom stereocenters. The molecular weight excluding hydrogens is 188 g/mol. The minimum atomic E-state index is -0.959. The zero-order chi connectivity index (χ0) is 9.14. The molecule has 1 amide bonds. The lowest BCUT2D eigenvalue weighted by Crippen LogP contribution is -2.03. The van der Waals surface area contributed by atoms with Gasteiger partial charge in [-0.2, -0.15) is 0 Å². The summed E-state index contributed by atoms with van der Waals surface area (Å²) in [5.74, 6) is -1.37. The number of benzene rings is 1. The number of carbonyl (C=O) groups is 1. The fourth-order valence-electron chi connectivity index (χ4n) is 0.699. The van der Waals surface area contributed by atoms with Crippen molar-refractivity contribution in [2.24, 2.45) is 0 Å². The maximum absolute atomic E-state index is 12.7. The number of amides is 1. The van der Waals surface area contributed by atoms with E-state index in [2.05, 4.69) is 0 Å². The molecule has 0 aliphatic carbocycles. The smallest absolute Gasteiger partial charge is 0.310 e. The summed E-state index contributed by atoms with van der Waals surface area (Å²) < 4.78 is 25.1. The fourth-order valence-corrected chi connectivity index (χ4v) is 0.801. The molecule has 1 N–H and O–H groups in total. The molecule has 64 valence electrons. The molecule has 1 rings (SSSR count). The number of carbonyl (C=O) groups excluding carboxylic acids is 1. The number of hydrogen-bond donors (Lipinski definition) is 1. The van der Waals surface area contributed by atoms with E-state index in [1.54, 1.807) is 0 Å². The molecule has 0 radical (unpaired) electrons. The van der Waals surface area contributed by atoms with E-state index >= 15 is 0 Å². The van der Waals surface area contributed by atoms with E-state index in [-0.39, 0.29) is 5.69 Å². The van der Waals surface area contributed by atoms with E-state index < -0.39 is 17.0 Å². The Hall–Kier alpha value is -1.16. The van der Waals surface area contributed by atoms with Gasteiger partial charge in [0.15, 0.2) is 0 Å². The van der Waals surface area contributed by atoms with Crippen LogP contribution in [0.25, 0.3) is 0 Å². The van der Waals surface area contributed by atoms with Crippen LogP contribution in [0.1, 0.15) is 0 Å². The van der Waals surface area contributed by atoms with Crippen molar-refractivity contribution in [3.05, 3.63) is 29.8 Å². The maximum Gasteiger partial charge on any atom is 0.318 e. The van der Waals surface area contributed by atoms with Gasteiger partial charge in [0.25, 0.3) is 0 Å². The van der Waals surface area contributed by atoms with Gasteiger partial charge in [-0.25, -0.2) is 8.78 Å². The first-order valence-electron chi connectivity index (χ1n) is 3.01. The molecule has 5 heteroatoms. The minimum absolute atomic E-state index is 0.269. The van der Waals surface area contributed by atoms with E-state index in [0.29, 0.717) is 0 Å². The van der Waals surface area contributed by atoms with Crippen LogP contribution in [-0.2, 0) is 0 Å². The van der Waals surface area contributed by atoms with Gasteiger partial charge in [-0.15, -0.1) is 0 Å². The van der Waals surface area contributed by atoms with Crippen molar-refractivity contribution in [2.75, 3.05) is 5.32 Å². The molecule has 0 aliphatic heterocycles. The van der Waals surface area contributed by atoms with Gasteiger partial charge in [-0.1, -0.05) is 0 Å². The number of anilines is 1. The van der Waals surface area contributed by atoms with Crippen LogP contribution in [0.5, 0.6) is 0 Å². The summed E-state index contributed by atoms with van der Waals surface area (Å²) in [6, 6.07) is 2.69. The normalized spacial score (nSPS) is 9.58. The van der Waals surface area contributed by atoms with Crippen molar-refractivity contribution in [2.45, 2.75) is 0 Å². The first-order chi connectivity index (χ1) is 5.59. The van der Waals surface area contributed by atoms with E-state index in [1.165, 1.54) is 0 Å². The van der Waals surface area contributed by atoms with E-state index in [1.807, 2.05) is 5.32 Å². The molecule has 1 aromatic rings. The highest BCUT2D eigenvalue weighted by atomic mass is 35.5. The van der Waals surface area contributed by atoms with Crippen LogP contribution >= 0.6 is 11.6 Å². The summed E-state index contributed by atoms with van der Waals surface area (Å²) in [5, 5.41) is 0.967. The average molecular weight is 192 g/mol. The van der Waals surface area contributed by atoms with Crippen LogP contribution in [0.2, 0.25) is 0 Å². The summed E-state index contributed by atoms with van der Waals surface area (Å²) >= 11 is 4.90. The molecule has 12 heavy (non-hydrogen) atoms. The monoisotopic (exact) mass is 191 g/mol. The number of nitrogens with one attached hydrogen (secondary N) is 1. The van der Waals surface area contributed by atoms with Gasteiger partial charge < -0.3 is 5.32 Å². The minimum Gasteiger partial charge on any atom is -0.310 e. The standard InChI is InChI=1S/C7H4ClF2NO/c8-7(12)11-6-3-4(9)1-2-5(6)10/h1-3H,(H,11,12). The van der Waals surface area contributed by atoms with Gasteiger partial charge >= 0.3 is 5.37 Å². The molecule has 1 aromatic carbocycles. The number of rotatable bonds is 1. The van der Waals surface area contributed by atoms with Crippen molar-refractivity contribution in [3.8, 4) is 0 Å². The Morgan fingerprint density at radius 1 is 1.42 bits per heavy atom. The second kappa shape index (κ2) is 3.49. The van der Waals surface area contributed by atoms with Crippen LogP contribution in [0.15, 0.2) is 18.2 Å². The molecule has 2 nitrogen and oxygen atoms in total. The van der Waals surface area contributed by atoms with Crippen LogP contribution < -0.4 is 5.32 Å². The SMILES string of the molecule is O=C(Cl)Nc1cc(F)ccc1F. The summed E-state index contributed by atoms with van der Waals surface area (Å²) in [6.45, 7) is 0. The maximum atomic E-state index is 12.7. The molecule has 0 saturated carbocycles. The van der Waals surface area contributed by atoms with Gasteiger partial charge in [-0.05, 0) is 23.7 Å². The lowest BCUT2D eigenvalue weighted by Gasteiger charge is -2.01. The van der Waals surface area contributed by atoms with Gasteiger partial charge in [0.05, 0.1) is 5.69 Å². The van der Waals surface area contributed by atoms with Crippen LogP contribution in [-0.4, -0.2) is 5.37 Å². The Morgan fingerprint density at radius 2 is 2.08 bits per heavy atom. The molecule has 0 aromatic heterocycles. The predicted molar refractivity (Wildman–Crippen MR) is 41.2 cm³/mol. The highest BCUT2D eigenvalue weighted by molar-refractivity contribution is 6.65. The lowest BCUT2D eigenvalue weighted by atomic mass is 10.3. The average Bonchev–Trinajstić information content (AvgIpc) is 1.96. The Labute approximate surface area is 72.1 Å².